The second kappa shape index (κ2) is 9.48. The van der Waals surface area contributed by atoms with Crippen molar-refractivity contribution in [3.05, 3.63) is 45.5 Å². The van der Waals surface area contributed by atoms with Crippen LogP contribution in [-0.2, 0) is 27.3 Å². The number of benzene rings is 1. The minimum atomic E-state index is -2.72. The maximum atomic E-state index is 15.8. The fourth-order valence-electron chi connectivity index (χ4n) is 6.44. The Morgan fingerprint density at radius 2 is 1.84 bits per heavy atom. The highest BCUT2D eigenvalue weighted by molar-refractivity contribution is 6.24. The van der Waals surface area contributed by atoms with Crippen LogP contribution in [0.5, 0.6) is 5.75 Å². The fraction of sp³-hybridized carbons (Fsp3) is 0.519. The number of aliphatic hydroxyl groups excluding tert-OH is 2. The molecule has 38 heavy (non-hydrogen) atoms. The van der Waals surface area contributed by atoms with Crippen LogP contribution in [-0.4, -0.2) is 87.0 Å². The van der Waals surface area contributed by atoms with Crippen molar-refractivity contribution in [3.8, 4) is 5.75 Å². The molecule has 0 unspecified atom stereocenters. The number of aliphatic hydroxyl groups is 3. The number of phenols is 1. The SMILES string of the molecule is CC(C)CN(C)Cc1cc(O)c2c(c1F)C[C@H]1C[C@H]3[C@H](N(C)C)C(=O)C(C(N)=O)=C(O)[C@@]3(O)C(=O)C1=C2O. The first kappa shape index (κ1) is 27.7. The summed E-state index contributed by atoms with van der Waals surface area (Å²) in [4.78, 5) is 42.3. The molecule has 206 valence electrons. The average Bonchev–Trinajstić information content (AvgIpc) is 2.78. The standard InChI is InChI=1S/C27H34FN3O7/c1-11(2)9-31(5)10-13-8-16(32)18-14(20(13)28)6-12-7-15-21(30(3)4)23(34)19(26(29)37)25(36)27(15,38)24(35)17(12)22(18)33/h8,11-12,15,21,32-33,36,38H,6-7,9-10H2,1-5H3,(H2,29,37)/t12-,15-,21-,27-/m0/s1. The van der Waals surface area contributed by atoms with Crippen LogP contribution >= 0.6 is 0 Å². The lowest BCUT2D eigenvalue weighted by atomic mass is 9.57. The smallest absolute Gasteiger partial charge is 0.255 e. The Labute approximate surface area is 219 Å². The first-order valence-corrected chi connectivity index (χ1v) is 12.5. The van der Waals surface area contributed by atoms with Crippen molar-refractivity contribution in [1.29, 1.82) is 0 Å². The molecule has 1 fully saturated rings. The molecule has 1 aromatic rings. The maximum absolute atomic E-state index is 15.8. The number of primary amides is 1. The summed E-state index contributed by atoms with van der Waals surface area (Å²) in [6.45, 7) is 4.95. The quantitative estimate of drug-likeness (QED) is 0.339. The second-order valence-corrected chi connectivity index (χ2v) is 11.3. The fourth-order valence-corrected chi connectivity index (χ4v) is 6.44. The van der Waals surface area contributed by atoms with Gasteiger partial charge in [0.1, 0.15) is 28.7 Å². The number of ketones is 2. The predicted molar refractivity (Wildman–Crippen MR) is 135 cm³/mol. The van der Waals surface area contributed by atoms with Crippen LogP contribution in [0.1, 0.15) is 37.0 Å². The molecule has 4 atom stereocenters. The molecule has 0 radical (unpaired) electrons. The van der Waals surface area contributed by atoms with E-state index >= 15 is 4.39 Å². The molecule has 1 amide bonds. The van der Waals surface area contributed by atoms with E-state index in [-0.39, 0.29) is 41.6 Å². The number of likely N-dealkylation sites (N-methyl/N-ethyl adjacent to an activating group) is 1. The van der Waals surface area contributed by atoms with Crippen molar-refractivity contribution in [1.82, 2.24) is 9.80 Å². The Morgan fingerprint density at radius 1 is 1.21 bits per heavy atom. The van der Waals surface area contributed by atoms with Gasteiger partial charge in [0.25, 0.3) is 5.91 Å². The van der Waals surface area contributed by atoms with Gasteiger partial charge in [-0.15, -0.1) is 0 Å². The van der Waals surface area contributed by atoms with Crippen LogP contribution in [0.4, 0.5) is 4.39 Å². The third-order valence-electron chi connectivity index (χ3n) is 7.85. The molecular formula is C27H34FN3O7. The highest BCUT2D eigenvalue weighted by Gasteiger charge is 2.64. The summed E-state index contributed by atoms with van der Waals surface area (Å²) in [6.07, 6.45) is -0.181. The van der Waals surface area contributed by atoms with Gasteiger partial charge in [-0.1, -0.05) is 13.8 Å². The van der Waals surface area contributed by atoms with Crippen molar-refractivity contribution < 1.29 is 39.2 Å². The Morgan fingerprint density at radius 3 is 2.39 bits per heavy atom. The number of aromatic hydroxyl groups is 1. The summed E-state index contributed by atoms with van der Waals surface area (Å²) in [5.74, 6) is -7.88. The van der Waals surface area contributed by atoms with Crippen LogP contribution in [0.2, 0.25) is 0 Å². The van der Waals surface area contributed by atoms with Gasteiger partial charge in [-0.3, -0.25) is 19.3 Å². The van der Waals surface area contributed by atoms with Gasteiger partial charge in [0.05, 0.1) is 11.6 Å². The lowest BCUT2D eigenvalue weighted by molar-refractivity contribution is -0.153. The molecule has 11 heteroatoms. The molecule has 0 bridgehead atoms. The predicted octanol–water partition coefficient (Wildman–Crippen LogP) is 1.19. The van der Waals surface area contributed by atoms with Crippen molar-refractivity contribution in [2.24, 2.45) is 23.5 Å². The van der Waals surface area contributed by atoms with E-state index in [0.29, 0.717) is 12.5 Å². The highest BCUT2D eigenvalue weighted by Crippen LogP contribution is 2.53. The zero-order valence-corrected chi connectivity index (χ0v) is 22.1. The third-order valence-corrected chi connectivity index (χ3v) is 7.85. The molecule has 0 saturated heterocycles. The molecule has 0 spiro atoms. The molecule has 4 rings (SSSR count). The summed E-state index contributed by atoms with van der Waals surface area (Å²) in [5, 5.41) is 44.4. The Hall–Kier alpha value is -3.28. The molecule has 0 aliphatic heterocycles. The molecule has 3 aliphatic carbocycles. The molecule has 1 aromatic carbocycles. The van der Waals surface area contributed by atoms with E-state index in [4.69, 9.17) is 5.73 Å². The van der Waals surface area contributed by atoms with Gasteiger partial charge in [-0.05, 0) is 51.9 Å². The van der Waals surface area contributed by atoms with Gasteiger partial charge in [-0.2, -0.15) is 0 Å². The minimum absolute atomic E-state index is 0.0311. The van der Waals surface area contributed by atoms with Crippen LogP contribution in [0, 0.1) is 23.6 Å². The number of phenolic OH excluding ortho intramolecular Hbond substituents is 1. The number of carbonyl (C=O) groups excluding carboxylic acids is 3. The first-order valence-electron chi connectivity index (χ1n) is 12.5. The first-order chi connectivity index (χ1) is 17.6. The number of nitrogens with two attached hydrogens (primary N) is 1. The van der Waals surface area contributed by atoms with Gasteiger partial charge >= 0.3 is 0 Å². The van der Waals surface area contributed by atoms with Crippen molar-refractivity contribution in [3.63, 3.8) is 0 Å². The number of halogens is 1. The van der Waals surface area contributed by atoms with E-state index in [9.17, 15) is 34.8 Å². The molecule has 3 aliphatic rings. The summed E-state index contributed by atoms with van der Waals surface area (Å²) in [6, 6.07) is 0.0123. The van der Waals surface area contributed by atoms with Crippen LogP contribution in [0.3, 0.4) is 0 Å². The van der Waals surface area contributed by atoms with Crippen molar-refractivity contribution >= 4 is 23.2 Å². The number of fused-ring (bicyclic) bond motifs is 3. The second-order valence-electron chi connectivity index (χ2n) is 11.3. The number of rotatable bonds is 6. The highest BCUT2D eigenvalue weighted by atomic mass is 19.1. The summed E-state index contributed by atoms with van der Waals surface area (Å²) < 4.78 is 15.8. The number of carbonyl (C=O) groups is 3. The van der Waals surface area contributed by atoms with E-state index in [1.807, 2.05) is 25.8 Å². The molecular weight excluding hydrogens is 497 g/mol. The zero-order chi connectivity index (χ0) is 28.4. The normalized spacial score (nSPS) is 27.3. The van der Waals surface area contributed by atoms with Crippen LogP contribution in [0.25, 0.3) is 5.76 Å². The van der Waals surface area contributed by atoms with E-state index in [0.717, 1.165) is 0 Å². The third kappa shape index (κ3) is 4.00. The summed E-state index contributed by atoms with van der Waals surface area (Å²) in [7, 11) is 4.87. The Bertz CT molecular complexity index is 1300. The van der Waals surface area contributed by atoms with Gasteiger partial charge in [-0.25, -0.2) is 4.39 Å². The minimum Gasteiger partial charge on any atom is -0.508 e. The van der Waals surface area contributed by atoms with Crippen molar-refractivity contribution in [2.75, 3.05) is 27.7 Å². The van der Waals surface area contributed by atoms with E-state index in [1.54, 1.807) is 0 Å². The molecule has 6 N–H and O–H groups in total. The number of hydrogen-bond acceptors (Lipinski definition) is 9. The van der Waals surface area contributed by atoms with E-state index < -0.39 is 69.6 Å². The maximum Gasteiger partial charge on any atom is 0.255 e. The largest absolute Gasteiger partial charge is 0.508 e. The van der Waals surface area contributed by atoms with Gasteiger partial charge in [0.2, 0.25) is 5.78 Å². The summed E-state index contributed by atoms with van der Waals surface area (Å²) >= 11 is 0. The lowest BCUT2D eigenvalue weighted by Gasteiger charge is -2.50. The number of Topliss-reactive ketones (excluding diaryl/α,β-unsaturated/α-hetero) is 2. The van der Waals surface area contributed by atoms with E-state index in [2.05, 4.69) is 0 Å². The van der Waals surface area contributed by atoms with Gasteiger partial charge in [0.15, 0.2) is 11.4 Å². The number of nitrogens with zero attached hydrogens (tertiary/aromatic N) is 2. The number of amides is 1. The number of hydrogen-bond donors (Lipinski definition) is 5. The van der Waals surface area contributed by atoms with E-state index in [1.165, 1.54) is 25.1 Å². The zero-order valence-electron chi connectivity index (χ0n) is 22.1. The molecule has 0 aromatic heterocycles. The summed E-state index contributed by atoms with van der Waals surface area (Å²) in [5.41, 5.74) is 1.40. The molecule has 10 nitrogen and oxygen atoms in total. The average molecular weight is 532 g/mol. The van der Waals surface area contributed by atoms with Crippen LogP contribution in [0.15, 0.2) is 23.0 Å². The monoisotopic (exact) mass is 531 g/mol. The van der Waals surface area contributed by atoms with Crippen LogP contribution < -0.4 is 5.73 Å². The topological polar surface area (TPSA) is 165 Å². The Balaban J connectivity index is 1.88. The van der Waals surface area contributed by atoms with Gasteiger partial charge < -0.3 is 31.1 Å². The van der Waals surface area contributed by atoms with Gasteiger partial charge in [0, 0.05) is 35.7 Å². The molecule has 0 heterocycles. The Kier molecular flexibility index (Phi) is 6.92. The molecule has 1 saturated carbocycles. The van der Waals surface area contributed by atoms with Crippen molar-refractivity contribution in [2.45, 2.75) is 44.9 Å². The lowest BCUT2D eigenvalue weighted by Crippen LogP contribution is -2.65.